The van der Waals surface area contributed by atoms with Gasteiger partial charge in [0.2, 0.25) is 0 Å². The Morgan fingerprint density at radius 2 is 1.80 bits per heavy atom. The maximum Gasteiger partial charge on any atom is 0.344 e. The fourth-order valence-electron chi connectivity index (χ4n) is 3.26. The highest BCUT2D eigenvalue weighted by Gasteiger charge is 2.25. The summed E-state index contributed by atoms with van der Waals surface area (Å²) in [4.78, 5) is 22.3. The van der Waals surface area contributed by atoms with E-state index >= 15 is 0 Å². The van der Waals surface area contributed by atoms with Gasteiger partial charge in [0, 0.05) is 0 Å². The third kappa shape index (κ3) is 3.70. The highest BCUT2D eigenvalue weighted by molar-refractivity contribution is 6.08. The molecule has 4 aromatic rings. The minimum absolute atomic E-state index is 0.216. The smallest absolute Gasteiger partial charge is 0.344 e. The minimum atomic E-state index is -0.514. The molecule has 0 saturated carbocycles. The van der Waals surface area contributed by atoms with Crippen molar-refractivity contribution in [3.8, 4) is 0 Å². The predicted octanol–water partition coefficient (Wildman–Crippen LogP) is 4.56. The van der Waals surface area contributed by atoms with Crippen molar-refractivity contribution >= 4 is 34.0 Å². The Morgan fingerprint density at radius 1 is 1.13 bits per heavy atom. The Kier molecular flexibility index (Phi) is 5.35. The molecule has 0 bridgehead atoms. The first-order valence-electron chi connectivity index (χ1n) is 9.94. The van der Waals surface area contributed by atoms with Crippen molar-refractivity contribution in [2.24, 2.45) is 5.92 Å². The van der Waals surface area contributed by atoms with E-state index in [1.807, 2.05) is 38.1 Å². The third-order valence-corrected chi connectivity index (χ3v) is 5.25. The second-order valence-corrected chi connectivity index (χ2v) is 7.47. The molecule has 0 spiro atoms. The molecule has 2 aromatic carbocycles. The number of aromatic nitrogens is 3. The van der Waals surface area contributed by atoms with Crippen molar-refractivity contribution in [3.63, 3.8) is 0 Å². The monoisotopic (exact) mass is 406 g/mol. The molecule has 0 aliphatic carbocycles. The summed E-state index contributed by atoms with van der Waals surface area (Å²) in [5, 5.41) is 0. The second-order valence-electron chi connectivity index (χ2n) is 7.47. The van der Waals surface area contributed by atoms with E-state index in [2.05, 4.69) is 4.98 Å². The van der Waals surface area contributed by atoms with Crippen LogP contribution in [-0.2, 0) is 11.3 Å². The number of carbonyl (C=O) groups excluding carboxylic acids is 1. The number of nitrogen functional groups attached to an aromatic ring is 1. The Hall–Kier alpha value is -3.48. The van der Waals surface area contributed by atoms with Crippen LogP contribution in [0.15, 0.2) is 48.5 Å². The molecule has 0 aliphatic heterocycles. The quantitative estimate of drug-likeness (QED) is 0.475. The molecular weight excluding hydrogens is 383 g/mol. The second kappa shape index (κ2) is 8.10. The van der Waals surface area contributed by atoms with Crippen LogP contribution < -0.4 is 5.73 Å². The molecule has 2 N–H and O–H groups in total. The Balaban J connectivity index is 1.85. The first-order chi connectivity index (χ1) is 14.5. The third-order valence-electron chi connectivity index (χ3n) is 5.25. The van der Waals surface area contributed by atoms with Crippen LogP contribution >= 0.6 is 0 Å². The van der Waals surface area contributed by atoms with Gasteiger partial charge in [0.15, 0.2) is 5.65 Å². The van der Waals surface area contributed by atoms with Gasteiger partial charge in [-0.2, -0.15) is 0 Å². The summed E-state index contributed by atoms with van der Waals surface area (Å²) in [5.41, 5.74) is 9.71. The van der Waals surface area contributed by atoms with Crippen LogP contribution in [0, 0.1) is 11.7 Å². The summed E-state index contributed by atoms with van der Waals surface area (Å²) in [7, 11) is 0. The van der Waals surface area contributed by atoms with Crippen molar-refractivity contribution in [3.05, 3.63) is 65.5 Å². The fraction of sp³-hybridized carbons (Fsp3) is 0.261. The number of hydrogen-bond donors (Lipinski definition) is 1. The lowest BCUT2D eigenvalue weighted by atomic mass is 10.1. The van der Waals surface area contributed by atoms with Crippen LogP contribution in [0.1, 0.15) is 36.2 Å². The number of ether oxygens (including phenoxy) is 1. The van der Waals surface area contributed by atoms with E-state index in [0.717, 1.165) is 12.0 Å². The van der Waals surface area contributed by atoms with Gasteiger partial charge in [0.05, 0.1) is 24.2 Å². The lowest BCUT2D eigenvalue weighted by molar-refractivity contribution is 0.0450. The van der Waals surface area contributed by atoms with Gasteiger partial charge in [-0.25, -0.2) is 19.2 Å². The van der Waals surface area contributed by atoms with Crippen molar-refractivity contribution in [1.82, 2.24) is 14.5 Å². The first kappa shape index (κ1) is 19.8. The molecule has 30 heavy (non-hydrogen) atoms. The average Bonchev–Trinajstić information content (AvgIpc) is 3.02. The first-order valence-corrected chi connectivity index (χ1v) is 9.94. The maximum absolute atomic E-state index is 13.3. The van der Waals surface area contributed by atoms with E-state index in [1.165, 1.54) is 12.1 Å². The van der Waals surface area contributed by atoms with Gasteiger partial charge >= 0.3 is 5.97 Å². The largest absolute Gasteiger partial charge is 0.462 e. The number of benzene rings is 2. The summed E-state index contributed by atoms with van der Waals surface area (Å²) in [6.45, 7) is 4.69. The zero-order chi connectivity index (χ0) is 21.3. The summed E-state index contributed by atoms with van der Waals surface area (Å²) in [6.07, 6.45) is 0.902. The van der Waals surface area contributed by atoms with Crippen molar-refractivity contribution in [1.29, 1.82) is 0 Å². The summed E-state index contributed by atoms with van der Waals surface area (Å²) in [6, 6.07) is 13.6. The van der Waals surface area contributed by atoms with Crippen LogP contribution in [0.2, 0.25) is 0 Å². The van der Waals surface area contributed by atoms with Crippen LogP contribution in [0.5, 0.6) is 0 Å². The number of esters is 1. The van der Waals surface area contributed by atoms with E-state index in [4.69, 9.17) is 15.5 Å². The molecule has 0 aliphatic rings. The molecule has 2 aromatic heterocycles. The van der Waals surface area contributed by atoms with Crippen LogP contribution in [-0.4, -0.2) is 27.1 Å². The van der Waals surface area contributed by atoms with E-state index in [0.29, 0.717) is 35.3 Å². The number of nitrogens with two attached hydrogens (primary N) is 1. The molecule has 0 unspecified atom stereocenters. The van der Waals surface area contributed by atoms with E-state index in [1.54, 1.807) is 16.7 Å². The molecule has 2 heterocycles. The summed E-state index contributed by atoms with van der Waals surface area (Å²) >= 11 is 0. The van der Waals surface area contributed by atoms with Gasteiger partial charge < -0.3 is 15.0 Å². The Labute approximate surface area is 173 Å². The van der Waals surface area contributed by atoms with E-state index in [9.17, 15) is 9.18 Å². The number of hydrogen-bond acceptors (Lipinski definition) is 5. The van der Waals surface area contributed by atoms with Crippen molar-refractivity contribution < 1.29 is 13.9 Å². The number of carbonyl (C=O) groups is 1. The van der Waals surface area contributed by atoms with Crippen LogP contribution in [0.25, 0.3) is 22.2 Å². The lowest BCUT2D eigenvalue weighted by Crippen LogP contribution is -2.14. The van der Waals surface area contributed by atoms with Crippen molar-refractivity contribution in [2.75, 3.05) is 12.3 Å². The zero-order valence-corrected chi connectivity index (χ0v) is 16.9. The van der Waals surface area contributed by atoms with Crippen LogP contribution in [0.4, 0.5) is 10.2 Å². The SMILES string of the molecule is CC[C@H](C)COC(=O)c1c(N)n(Cc2ccc(F)cc2)c2nc3ccccc3nc12. The number of fused-ring (bicyclic) bond motifs is 2. The number of rotatable bonds is 6. The number of anilines is 1. The lowest BCUT2D eigenvalue weighted by Gasteiger charge is -2.10. The van der Waals surface area contributed by atoms with Gasteiger partial charge in [-0.15, -0.1) is 0 Å². The highest BCUT2D eigenvalue weighted by Crippen LogP contribution is 2.29. The van der Waals surface area contributed by atoms with Gasteiger partial charge in [0.25, 0.3) is 0 Å². The maximum atomic E-state index is 13.3. The van der Waals surface area contributed by atoms with Gasteiger partial charge in [-0.05, 0) is 35.7 Å². The fourth-order valence-corrected chi connectivity index (χ4v) is 3.26. The van der Waals surface area contributed by atoms with Gasteiger partial charge in [-0.1, -0.05) is 44.5 Å². The molecule has 0 saturated heterocycles. The normalized spacial score (nSPS) is 12.4. The molecule has 7 heteroatoms. The topological polar surface area (TPSA) is 83.0 Å². The minimum Gasteiger partial charge on any atom is -0.462 e. The summed E-state index contributed by atoms with van der Waals surface area (Å²) < 4.78 is 20.5. The standard InChI is InChI=1S/C23H23FN4O2/c1-3-14(2)13-30-23(29)19-20-22(27-18-7-5-4-6-17(18)26-20)28(21(19)25)12-15-8-10-16(24)11-9-15/h4-11,14H,3,12-13,25H2,1-2H3/t14-/m0/s1. The highest BCUT2D eigenvalue weighted by atomic mass is 19.1. The molecule has 0 radical (unpaired) electrons. The number of para-hydroxylation sites is 2. The van der Waals surface area contributed by atoms with Crippen LogP contribution in [0.3, 0.4) is 0 Å². The van der Waals surface area contributed by atoms with Gasteiger partial charge in [-0.3, -0.25) is 0 Å². The number of halogens is 1. The zero-order valence-electron chi connectivity index (χ0n) is 16.9. The van der Waals surface area contributed by atoms with E-state index < -0.39 is 5.97 Å². The molecule has 1 atom stereocenters. The Morgan fingerprint density at radius 3 is 2.47 bits per heavy atom. The average molecular weight is 406 g/mol. The molecule has 4 rings (SSSR count). The van der Waals surface area contributed by atoms with E-state index in [-0.39, 0.29) is 23.1 Å². The molecule has 154 valence electrons. The molecule has 0 fully saturated rings. The molecule has 6 nitrogen and oxygen atoms in total. The predicted molar refractivity (Wildman–Crippen MR) is 115 cm³/mol. The van der Waals surface area contributed by atoms with Gasteiger partial charge in [0.1, 0.15) is 22.7 Å². The Bertz CT molecular complexity index is 1220. The van der Waals surface area contributed by atoms with Crippen molar-refractivity contribution in [2.45, 2.75) is 26.8 Å². The molecule has 0 amide bonds. The number of nitrogens with zero attached hydrogens (tertiary/aromatic N) is 3. The summed E-state index contributed by atoms with van der Waals surface area (Å²) in [5.74, 6) is -0.349. The molecular formula is C23H23FN4O2.